The van der Waals surface area contributed by atoms with Crippen LogP contribution in [0.4, 0.5) is 5.69 Å². The number of hydrogen-bond donors (Lipinski definition) is 2. The molecule has 1 aliphatic heterocycles. The lowest BCUT2D eigenvalue weighted by molar-refractivity contribution is -0.895. The highest BCUT2D eigenvalue weighted by Gasteiger charge is 2.26. The van der Waals surface area contributed by atoms with Gasteiger partial charge in [-0.05, 0) is 36.2 Å². The van der Waals surface area contributed by atoms with E-state index in [1.165, 1.54) is 4.90 Å². The zero-order valence-electron chi connectivity index (χ0n) is 16.1. The molecule has 1 heterocycles. The van der Waals surface area contributed by atoms with Gasteiger partial charge >= 0.3 is 0 Å². The van der Waals surface area contributed by atoms with Crippen LogP contribution in [-0.2, 0) is 11.2 Å². The smallest absolute Gasteiger partial charge is 0.279 e. The van der Waals surface area contributed by atoms with Crippen molar-refractivity contribution in [2.75, 3.05) is 38.0 Å². The molecule has 2 N–H and O–H groups in total. The van der Waals surface area contributed by atoms with Crippen LogP contribution < -0.4 is 10.2 Å². The van der Waals surface area contributed by atoms with Crippen molar-refractivity contribution < 1.29 is 14.5 Å². The van der Waals surface area contributed by atoms with Gasteiger partial charge in [-0.2, -0.15) is 5.26 Å². The second kappa shape index (κ2) is 9.16. The molecule has 6 nitrogen and oxygen atoms in total. The Balaban J connectivity index is 1.51. The van der Waals surface area contributed by atoms with E-state index in [1.54, 1.807) is 29.2 Å². The van der Waals surface area contributed by atoms with E-state index in [-0.39, 0.29) is 11.8 Å². The van der Waals surface area contributed by atoms with Crippen molar-refractivity contribution >= 4 is 17.5 Å². The van der Waals surface area contributed by atoms with Crippen LogP contribution in [0.2, 0.25) is 0 Å². The largest absolute Gasteiger partial charge is 0.327 e. The number of aryl methyl sites for hydroxylation is 1. The van der Waals surface area contributed by atoms with E-state index in [0.717, 1.165) is 30.8 Å². The maximum atomic E-state index is 12.6. The van der Waals surface area contributed by atoms with Crippen molar-refractivity contribution in [1.29, 1.82) is 5.26 Å². The fraction of sp³-hybridized carbons (Fsp3) is 0.318. The van der Waals surface area contributed by atoms with Gasteiger partial charge in [-0.25, -0.2) is 0 Å². The summed E-state index contributed by atoms with van der Waals surface area (Å²) in [5.41, 5.74) is 3.03. The third-order valence-electron chi connectivity index (χ3n) is 5.08. The summed E-state index contributed by atoms with van der Waals surface area (Å²) < 4.78 is 0. The fourth-order valence-electron chi connectivity index (χ4n) is 3.48. The second-order valence-electron chi connectivity index (χ2n) is 6.97. The standard InChI is InChI=1S/C22H24N4O2/c1-2-18-7-3-4-9-20(18)24-21(27)16-25-10-12-26(13-11-25)22(28)19-8-5-6-17(14-19)15-23/h3-9,14H,2,10-13,16H2,1H3,(H,24,27)/p+1. The molecule has 0 saturated carbocycles. The molecule has 144 valence electrons. The summed E-state index contributed by atoms with van der Waals surface area (Å²) in [4.78, 5) is 28.0. The molecule has 1 saturated heterocycles. The SMILES string of the molecule is CCc1ccccc1NC(=O)C[NH+]1CCN(C(=O)c2cccc(C#N)c2)CC1. The Morgan fingerprint density at radius 1 is 1.14 bits per heavy atom. The highest BCUT2D eigenvalue weighted by atomic mass is 16.2. The number of benzene rings is 2. The average Bonchev–Trinajstić information content (AvgIpc) is 2.74. The van der Waals surface area contributed by atoms with Crippen LogP contribution in [0.15, 0.2) is 48.5 Å². The number of hydrogen-bond acceptors (Lipinski definition) is 3. The van der Waals surface area contributed by atoms with Crippen molar-refractivity contribution in [3.8, 4) is 6.07 Å². The summed E-state index contributed by atoms with van der Waals surface area (Å²) in [6, 6.07) is 16.7. The molecule has 0 aromatic heterocycles. The highest BCUT2D eigenvalue weighted by molar-refractivity contribution is 5.94. The topological polar surface area (TPSA) is 77.6 Å². The van der Waals surface area contributed by atoms with Gasteiger partial charge < -0.3 is 15.1 Å². The Hall–Kier alpha value is -3.17. The van der Waals surface area contributed by atoms with E-state index < -0.39 is 0 Å². The Labute approximate surface area is 165 Å². The lowest BCUT2D eigenvalue weighted by Crippen LogP contribution is -3.15. The normalized spacial score (nSPS) is 14.4. The monoisotopic (exact) mass is 377 g/mol. The quantitative estimate of drug-likeness (QED) is 0.819. The van der Waals surface area contributed by atoms with Crippen molar-refractivity contribution in [3.63, 3.8) is 0 Å². The number of anilines is 1. The minimum Gasteiger partial charge on any atom is -0.327 e. The van der Waals surface area contributed by atoms with E-state index >= 15 is 0 Å². The van der Waals surface area contributed by atoms with Gasteiger partial charge in [-0.3, -0.25) is 9.59 Å². The number of rotatable bonds is 5. The number of para-hydroxylation sites is 1. The predicted molar refractivity (Wildman–Crippen MR) is 107 cm³/mol. The molecule has 2 aromatic rings. The first-order chi connectivity index (χ1) is 13.6. The number of nitrogens with one attached hydrogen (secondary N) is 2. The molecule has 0 radical (unpaired) electrons. The third kappa shape index (κ3) is 4.76. The molecular formula is C22H25N4O2+. The molecule has 1 fully saturated rings. The van der Waals surface area contributed by atoms with Crippen LogP contribution in [0.3, 0.4) is 0 Å². The molecular weight excluding hydrogens is 352 g/mol. The number of amides is 2. The minimum absolute atomic E-state index is 0.00241. The number of quaternary nitrogens is 1. The molecule has 1 aliphatic rings. The number of carbonyl (C=O) groups is 2. The molecule has 0 atom stereocenters. The zero-order chi connectivity index (χ0) is 19.9. The number of nitrogens with zero attached hydrogens (tertiary/aromatic N) is 2. The van der Waals surface area contributed by atoms with Gasteiger partial charge in [0.1, 0.15) is 0 Å². The van der Waals surface area contributed by atoms with E-state index in [4.69, 9.17) is 5.26 Å². The van der Waals surface area contributed by atoms with Gasteiger partial charge in [-0.1, -0.05) is 31.2 Å². The first-order valence-electron chi connectivity index (χ1n) is 9.61. The predicted octanol–water partition coefficient (Wildman–Crippen LogP) is 1.10. The number of carbonyl (C=O) groups excluding carboxylic acids is 2. The first-order valence-corrected chi connectivity index (χ1v) is 9.61. The summed E-state index contributed by atoms with van der Waals surface area (Å²) in [6.07, 6.45) is 0.872. The van der Waals surface area contributed by atoms with E-state index in [2.05, 4.69) is 18.3 Å². The van der Waals surface area contributed by atoms with Crippen LogP contribution in [-0.4, -0.2) is 49.4 Å². The minimum atomic E-state index is -0.0579. The third-order valence-corrected chi connectivity index (χ3v) is 5.08. The van der Waals surface area contributed by atoms with Gasteiger partial charge in [-0.15, -0.1) is 0 Å². The van der Waals surface area contributed by atoms with Crippen LogP contribution in [0, 0.1) is 11.3 Å². The van der Waals surface area contributed by atoms with E-state index in [0.29, 0.717) is 30.8 Å². The lowest BCUT2D eigenvalue weighted by Gasteiger charge is -2.32. The van der Waals surface area contributed by atoms with Gasteiger partial charge in [0.05, 0.1) is 37.8 Å². The Morgan fingerprint density at radius 2 is 1.89 bits per heavy atom. The van der Waals surface area contributed by atoms with Crippen LogP contribution in [0.5, 0.6) is 0 Å². The van der Waals surface area contributed by atoms with Crippen LogP contribution in [0.25, 0.3) is 0 Å². The molecule has 2 aromatic carbocycles. The summed E-state index contributed by atoms with van der Waals surface area (Å²) >= 11 is 0. The molecule has 6 heteroatoms. The van der Waals surface area contributed by atoms with Crippen molar-refractivity contribution in [2.24, 2.45) is 0 Å². The van der Waals surface area contributed by atoms with Crippen molar-refractivity contribution in [1.82, 2.24) is 4.90 Å². The Morgan fingerprint density at radius 3 is 2.61 bits per heavy atom. The van der Waals surface area contributed by atoms with E-state index in [9.17, 15) is 9.59 Å². The summed E-state index contributed by atoms with van der Waals surface area (Å²) in [5.74, 6) is -0.0603. The first kappa shape index (κ1) is 19.6. The van der Waals surface area contributed by atoms with Gasteiger partial charge in [0.2, 0.25) is 0 Å². The summed E-state index contributed by atoms with van der Waals surface area (Å²) in [5, 5.41) is 12.0. The lowest BCUT2D eigenvalue weighted by atomic mass is 10.1. The Kier molecular flexibility index (Phi) is 6.41. The number of nitriles is 1. The van der Waals surface area contributed by atoms with E-state index in [1.807, 2.05) is 24.3 Å². The van der Waals surface area contributed by atoms with Gasteiger partial charge in [0, 0.05) is 11.3 Å². The molecule has 3 rings (SSSR count). The molecule has 2 amide bonds. The summed E-state index contributed by atoms with van der Waals surface area (Å²) in [7, 11) is 0. The number of piperazine rings is 1. The molecule has 28 heavy (non-hydrogen) atoms. The Bertz CT molecular complexity index is 895. The second-order valence-corrected chi connectivity index (χ2v) is 6.97. The van der Waals surface area contributed by atoms with Gasteiger partial charge in [0.15, 0.2) is 6.54 Å². The maximum absolute atomic E-state index is 12.6. The molecule has 0 bridgehead atoms. The average molecular weight is 377 g/mol. The van der Waals surface area contributed by atoms with Crippen molar-refractivity contribution in [2.45, 2.75) is 13.3 Å². The van der Waals surface area contributed by atoms with Crippen LogP contribution in [0.1, 0.15) is 28.4 Å². The highest BCUT2D eigenvalue weighted by Crippen LogP contribution is 2.15. The van der Waals surface area contributed by atoms with Crippen LogP contribution >= 0.6 is 0 Å². The zero-order valence-corrected chi connectivity index (χ0v) is 16.1. The summed E-state index contributed by atoms with van der Waals surface area (Å²) in [6.45, 7) is 5.12. The van der Waals surface area contributed by atoms with Crippen molar-refractivity contribution in [3.05, 3.63) is 65.2 Å². The fourth-order valence-corrected chi connectivity index (χ4v) is 3.48. The maximum Gasteiger partial charge on any atom is 0.279 e. The molecule has 0 spiro atoms. The van der Waals surface area contributed by atoms with Gasteiger partial charge in [0.25, 0.3) is 11.8 Å². The molecule has 0 aliphatic carbocycles. The molecule has 0 unspecified atom stereocenters.